The smallest absolute Gasteiger partial charge is 0.00987 e. The summed E-state index contributed by atoms with van der Waals surface area (Å²) in [5.74, 6) is 0. The van der Waals surface area contributed by atoms with Crippen LogP contribution in [-0.4, -0.2) is 0 Å². The molecule has 0 nitrogen and oxygen atoms in total. The molecule has 9 rings (SSSR count). The normalized spacial score (nSPS) is 11.8. The Balaban J connectivity index is 1.22. The molecule has 42 heavy (non-hydrogen) atoms. The molecule has 9 aromatic rings. The fraction of sp³-hybridized carbons (Fsp3) is 0. The molecule has 194 valence electrons. The van der Waals surface area contributed by atoms with Crippen molar-refractivity contribution in [2.45, 2.75) is 0 Å². The van der Waals surface area contributed by atoms with Gasteiger partial charge in [-0.25, -0.2) is 0 Å². The van der Waals surface area contributed by atoms with E-state index in [4.69, 9.17) is 0 Å². The Morgan fingerprint density at radius 1 is 0.190 bits per heavy atom. The molecule has 0 aromatic heterocycles. The van der Waals surface area contributed by atoms with Crippen LogP contribution in [0.25, 0.3) is 86.9 Å². The predicted octanol–water partition coefficient (Wildman–Crippen LogP) is 11.9. The van der Waals surface area contributed by atoms with Crippen LogP contribution in [0, 0.1) is 0 Å². The van der Waals surface area contributed by atoms with Crippen molar-refractivity contribution in [3.05, 3.63) is 158 Å². The lowest BCUT2D eigenvalue weighted by Crippen LogP contribution is -1.85. The maximum Gasteiger partial charge on any atom is -0.00987 e. The van der Waals surface area contributed by atoms with Crippen molar-refractivity contribution in [1.82, 2.24) is 0 Å². The van der Waals surface area contributed by atoms with Crippen LogP contribution in [0.4, 0.5) is 0 Å². The highest BCUT2D eigenvalue weighted by Gasteiger charge is 2.10. The van der Waals surface area contributed by atoms with Crippen molar-refractivity contribution >= 4 is 64.6 Å². The second-order valence-corrected chi connectivity index (χ2v) is 11.4. The summed E-state index contributed by atoms with van der Waals surface area (Å²) in [5.41, 5.74) is 4.99. The second kappa shape index (κ2) is 9.03. The highest BCUT2D eigenvalue weighted by Crippen LogP contribution is 2.37. The molecule has 0 spiro atoms. The van der Waals surface area contributed by atoms with Crippen LogP contribution < -0.4 is 0 Å². The third kappa shape index (κ3) is 3.62. The van der Waals surface area contributed by atoms with E-state index in [9.17, 15) is 0 Å². The number of hydrogen-bond acceptors (Lipinski definition) is 0. The molecule has 0 fully saturated rings. The van der Waals surface area contributed by atoms with Crippen molar-refractivity contribution < 1.29 is 0 Å². The quantitative estimate of drug-likeness (QED) is 0.195. The maximum absolute atomic E-state index is 2.38. The highest BCUT2D eigenvalue weighted by molar-refractivity contribution is 6.18. The Morgan fingerprint density at radius 3 is 1.12 bits per heavy atom. The molecule has 0 aliphatic rings. The first kappa shape index (κ1) is 23.3. The molecule has 0 bridgehead atoms. The van der Waals surface area contributed by atoms with Crippen molar-refractivity contribution in [2.24, 2.45) is 0 Å². The zero-order valence-electron chi connectivity index (χ0n) is 23.0. The zero-order valence-corrected chi connectivity index (χ0v) is 23.0. The van der Waals surface area contributed by atoms with Gasteiger partial charge < -0.3 is 0 Å². The molecule has 0 heteroatoms. The van der Waals surface area contributed by atoms with Gasteiger partial charge in [-0.05, 0) is 111 Å². The first-order valence-corrected chi connectivity index (χ1v) is 14.6. The van der Waals surface area contributed by atoms with Crippen molar-refractivity contribution in [2.75, 3.05) is 0 Å². The Morgan fingerprint density at radius 2 is 0.548 bits per heavy atom. The van der Waals surface area contributed by atoms with E-state index in [0.717, 1.165) is 0 Å². The molecular formula is C42H26. The lowest BCUT2D eigenvalue weighted by Gasteiger charge is -2.12. The summed E-state index contributed by atoms with van der Waals surface area (Å²) in [5, 5.41) is 15.4. The average Bonchev–Trinajstić information content (AvgIpc) is 3.07. The van der Waals surface area contributed by atoms with E-state index in [-0.39, 0.29) is 0 Å². The molecule has 0 amide bonds. The average molecular weight is 531 g/mol. The summed E-state index contributed by atoms with van der Waals surface area (Å²) >= 11 is 0. The van der Waals surface area contributed by atoms with Gasteiger partial charge in [-0.3, -0.25) is 0 Å². The van der Waals surface area contributed by atoms with Gasteiger partial charge in [0.1, 0.15) is 0 Å². The van der Waals surface area contributed by atoms with Crippen LogP contribution in [0.3, 0.4) is 0 Å². The van der Waals surface area contributed by atoms with Gasteiger partial charge in [-0.2, -0.15) is 0 Å². The Bertz CT molecular complexity index is 2510. The summed E-state index contributed by atoms with van der Waals surface area (Å²) in [6.45, 7) is 0. The second-order valence-electron chi connectivity index (χ2n) is 11.4. The zero-order chi connectivity index (χ0) is 27.6. The van der Waals surface area contributed by atoms with Crippen LogP contribution in [0.5, 0.6) is 0 Å². The molecule has 0 N–H and O–H groups in total. The third-order valence-electron chi connectivity index (χ3n) is 9.00. The van der Waals surface area contributed by atoms with Gasteiger partial charge in [-0.1, -0.05) is 133 Å². The van der Waals surface area contributed by atoms with Gasteiger partial charge in [0.15, 0.2) is 0 Å². The monoisotopic (exact) mass is 530 g/mol. The molecule has 0 heterocycles. The lowest BCUT2D eigenvalue weighted by atomic mass is 9.92. The van der Waals surface area contributed by atoms with E-state index < -0.39 is 0 Å². The number of hydrogen-bond donors (Lipinski definition) is 0. The fourth-order valence-electron chi connectivity index (χ4n) is 6.77. The summed E-state index contributed by atoms with van der Waals surface area (Å²) in [6, 6.07) is 58.3. The van der Waals surface area contributed by atoms with Gasteiger partial charge >= 0.3 is 0 Å². The van der Waals surface area contributed by atoms with Crippen molar-refractivity contribution in [3.8, 4) is 22.3 Å². The van der Waals surface area contributed by atoms with E-state index >= 15 is 0 Å². The summed E-state index contributed by atoms with van der Waals surface area (Å²) in [6.07, 6.45) is 0. The Kier molecular flexibility index (Phi) is 5.00. The summed E-state index contributed by atoms with van der Waals surface area (Å²) in [7, 11) is 0. The molecule has 0 saturated heterocycles. The van der Waals surface area contributed by atoms with Gasteiger partial charge in [-0.15, -0.1) is 0 Å². The molecular weight excluding hydrogens is 504 g/mol. The van der Waals surface area contributed by atoms with Crippen LogP contribution in [0.15, 0.2) is 158 Å². The molecule has 0 saturated carbocycles. The predicted molar refractivity (Wildman–Crippen MR) is 182 cm³/mol. The SMILES string of the molecule is c1ccc2cc(-c3ccc4ccc5c6cc(-c7ccc8ccc9ccccc9c8c7)ccc6ccc5c4c3)ccc2c1. The van der Waals surface area contributed by atoms with Crippen LogP contribution in [0.1, 0.15) is 0 Å². The fourth-order valence-corrected chi connectivity index (χ4v) is 6.77. The summed E-state index contributed by atoms with van der Waals surface area (Å²) in [4.78, 5) is 0. The number of benzene rings is 9. The lowest BCUT2D eigenvalue weighted by molar-refractivity contribution is 1.68. The van der Waals surface area contributed by atoms with Gasteiger partial charge in [0.25, 0.3) is 0 Å². The minimum absolute atomic E-state index is 1.25. The Labute approximate surface area is 244 Å². The Hall–Kier alpha value is -5.46. The van der Waals surface area contributed by atoms with E-state index in [1.165, 1.54) is 86.9 Å². The minimum Gasteiger partial charge on any atom is -0.0616 e. The topological polar surface area (TPSA) is 0 Å². The standard InChI is InChI=1S/C42H26/c1-2-7-32-23-33(15-9-27(32)5-1)34-16-13-30-19-22-39-38(41(30)25-34)21-20-31-14-18-36(26-42(31)39)35-17-12-29-11-10-28-6-3-4-8-37(28)40(29)24-35/h1-26H. The first-order chi connectivity index (χ1) is 20.8. The van der Waals surface area contributed by atoms with Crippen molar-refractivity contribution in [3.63, 3.8) is 0 Å². The largest absolute Gasteiger partial charge is 0.0616 e. The minimum atomic E-state index is 1.25. The van der Waals surface area contributed by atoms with Crippen molar-refractivity contribution in [1.29, 1.82) is 0 Å². The number of fused-ring (bicyclic) bond motifs is 9. The van der Waals surface area contributed by atoms with Gasteiger partial charge in [0.05, 0.1) is 0 Å². The molecule has 0 unspecified atom stereocenters. The van der Waals surface area contributed by atoms with Gasteiger partial charge in [0.2, 0.25) is 0 Å². The van der Waals surface area contributed by atoms with Crippen LogP contribution >= 0.6 is 0 Å². The van der Waals surface area contributed by atoms with Gasteiger partial charge in [0, 0.05) is 0 Å². The maximum atomic E-state index is 2.38. The van der Waals surface area contributed by atoms with E-state index in [1.807, 2.05) is 0 Å². The molecule has 0 atom stereocenters. The molecule has 0 aliphatic heterocycles. The third-order valence-corrected chi connectivity index (χ3v) is 9.00. The van der Waals surface area contributed by atoms with Crippen LogP contribution in [-0.2, 0) is 0 Å². The molecule has 0 aliphatic carbocycles. The van der Waals surface area contributed by atoms with E-state index in [0.29, 0.717) is 0 Å². The summed E-state index contributed by atoms with van der Waals surface area (Å²) < 4.78 is 0. The molecule has 9 aromatic carbocycles. The molecule has 0 radical (unpaired) electrons. The van der Waals surface area contributed by atoms with E-state index in [1.54, 1.807) is 0 Å². The highest BCUT2D eigenvalue weighted by atomic mass is 14.1. The van der Waals surface area contributed by atoms with Crippen LogP contribution in [0.2, 0.25) is 0 Å². The van der Waals surface area contributed by atoms with E-state index in [2.05, 4.69) is 158 Å². The number of rotatable bonds is 2. The first-order valence-electron chi connectivity index (χ1n) is 14.6.